The van der Waals surface area contributed by atoms with Crippen LogP contribution in [0.4, 0.5) is 0 Å². The molecule has 0 spiro atoms. The lowest BCUT2D eigenvalue weighted by Crippen LogP contribution is -2.52. The van der Waals surface area contributed by atoms with E-state index in [0.717, 1.165) is 23.7 Å². The number of carbonyl (C=O) groups is 2. The summed E-state index contributed by atoms with van der Waals surface area (Å²) in [5.74, 6) is -0.460. The highest BCUT2D eigenvalue weighted by Gasteiger charge is 2.27. The van der Waals surface area contributed by atoms with Crippen molar-refractivity contribution < 1.29 is 9.59 Å². The number of nitrogens with two attached hydrogens (primary N) is 1. The Morgan fingerprint density at radius 3 is 3.00 bits per heavy atom. The smallest absolute Gasteiger partial charge is 0.273 e. The van der Waals surface area contributed by atoms with Crippen molar-refractivity contribution in [3.63, 3.8) is 0 Å². The molecule has 23 heavy (non-hydrogen) atoms. The van der Waals surface area contributed by atoms with Crippen molar-refractivity contribution in [1.82, 2.24) is 20.4 Å². The van der Waals surface area contributed by atoms with Crippen LogP contribution < -0.4 is 11.1 Å². The lowest BCUT2D eigenvalue weighted by Gasteiger charge is -2.32. The zero-order chi connectivity index (χ0) is 16.4. The van der Waals surface area contributed by atoms with E-state index in [1.54, 1.807) is 11.8 Å². The number of piperidine rings is 1. The minimum Gasteiger partial charge on any atom is -0.339 e. The number of aromatic amines is 1. The van der Waals surface area contributed by atoms with Gasteiger partial charge >= 0.3 is 0 Å². The summed E-state index contributed by atoms with van der Waals surface area (Å²) < 4.78 is 0. The van der Waals surface area contributed by atoms with Crippen LogP contribution in [0.5, 0.6) is 0 Å². The molecule has 2 unspecified atom stereocenters. The Morgan fingerprint density at radius 1 is 1.43 bits per heavy atom. The Kier molecular flexibility index (Phi) is 4.29. The predicted octanol–water partition coefficient (Wildman–Crippen LogP) is 0.631. The molecule has 1 aromatic heterocycles. The molecular weight excluding hydrogens is 294 g/mol. The number of nitrogens with zero attached hydrogens (tertiary/aromatic N) is 2. The Balaban J connectivity index is 1.68. The van der Waals surface area contributed by atoms with Crippen molar-refractivity contribution >= 4 is 22.7 Å². The van der Waals surface area contributed by atoms with Crippen LogP contribution in [-0.2, 0) is 4.79 Å². The van der Waals surface area contributed by atoms with Gasteiger partial charge in [0.05, 0.1) is 5.52 Å². The van der Waals surface area contributed by atoms with Gasteiger partial charge in [0.1, 0.15) is 6.04 Å². The van der Waals surface area contributed by atoms with Crippen molar-refractivity contribution in [3.8, 4) is 0 Å². The maximum absolute atomic E-state index is 12.4. The summed E-state index contributed by atoms with van der Waals surface area (Å²) in [6.45, 7) is 2.93. The largest absolute Gasteiger partial charge is 0.339 e. The number of benzene rings is 1. The Bertz CT molecular complexity index is 726. The summed E-state index contributed by atoms with van der Waals surface area (Å²) in [5, 5.41) is 10.3. The van der Waals surface area contributed by atoms with Crippen LogP contribution in [0.2, 0.25) is 0 Å². The molecule has 2 heterocycles. The number of para-hydroxylation sites is 1. The average molecular weight is 315 g/mol. The lowest BCUT2D eigenvalue weighted by atomic mass is 10.1. The van der Waals surface area contributed by atoms with Gasteiger partial charge in [-0.25, -0.2) is 0 Å². The Morgan fingerprint density at radius 2 is 2.22 bits per heavy atom. The predicted molar refractivity (Wildman–Crippen MR) is 86.8 cm³/mol. The SMILES string of the molecule is CC(NC(=O)c1n[nH]c2ccccc12)C(=O)N1CCCC(N)C1. The second-order valence-corrected chi connectivity index (χ2v) is 6.00. The van der Waals surface area contributed by atoms with Crippen molar-refractivity contribution in [3.05, 3.63) is 30.0 Å². The van der Waals surface area contributed by atoms with E-state index in [2.05, 4.69) is 15.5 Å². The molecule has 7 heteroatoms. The summed E-state index contributed by atoms with van der Waals surface area (Å²) in [7, 11) is 0. The number of carbonyl (C=O) groups excluding carboxylic acids is 2. The molecule has 122 valence electrons. The normalized spacial score (nSPS) is 19.6. The molecule has 1 aliphatic heterocycles. The minimum absolute atomic E-state index is 0.0193. The van der Waals surface area contributed by atoms with Crippen molar-refractivity contribution in [1.29, 1.82) is 0 Å². The highest BCUT2D eigenvalue weighted by atomic mass is 16.2. The average Bonchev–Trinajstić information content (AvgIpc) is 2.98. The molecule has 7 nitrogen and oxygen atoms in total. The number of hydrogen-bond acceptors (Lipinski definition) is 4. The number of aromatic nitrogens is 2. The fraction of sp³-hybridized carbons (Fsp3) is 0.438. The molecule has 2 atom stereocenters. The molecule has 4 N–H and O–H groups in total. The van der Waals surface area contributed by atoms with E-state index in [-0.39, 0.29) is 17.9 Å². The molecule has 3 rings (SSSR count). The first kappa shape index (κ1) is 15.5. The Hall–Kier alpha value is -2.41. The van der Waals surface area contributed by atoms with Crippen LogP contribution in [0.3, 0.4) is 0 Å². The van der Waals surface area contributed by atoms with Crippen LogP contribution in [0.15, 0.2) is 24.3 Å². The van der Waals surface area contributed by atoms with Crippen LogP contribution in [-0.4, -0.2) is 52.1 Å². The van der Waals surface area contributed by atoms with Gasteiger partial charge < -0.3 is 16.0 Å². The standard InChI is InChI=1S/C16H21N5O2/c1-10(16(23)21-8-4-5-11(17)9-21)18-15(22)14-12-6-2-3-7-13(12)19-20-14/h2-3,6-7,10-11H,4-5,8-9,17H2,1H3,(H,18,22)(H,19,20). The molecule has 0 radical (unpaired) electrons. The summed E-state index contributed by atoms with van der Waals surface area (Å²) >= 11 is 0. The van der Waals surface area contributed by atoms with Crippen molar-refractivity contribution in [2.75, 3.05) is 13.1 Å². The van der Waals surface area contributed by atoms with Crippen molar-refractivity contribution in [2.45, 2.75) is 31.8 Å². The molecule has 1 aromatic carbocycles. The summed E-state index contributed by atoms with van der Waals surface area (Å²) in [5.41, 5.74) is 7.00. The molecule has 2 amide bonds. The van der Waals surface area contributed by atoms with Crippen LogP contribution in [0.25, 0.3) is 10.9 Å². The number of fused-ring (bicyclic) bond motifs is 1. The third-order valence-corrected chi connectivity index (χ3v) is 4.17. The molecule has 1 fully saturated rings. The molecule has 1 saturated heterocycles. The minimum atomic E-state index is -0.608. The molecular formula is C16H21N5O2. The monoisotopic (exact) mass is 315 g/mol. The third kappa shape index (κ3) is 3.19. The first-order valence-electron chi connectivity index (χ1n) is 7.84. The van der Waals surface area contributed by atoms with Gasteiger partial charge in [-0.15, -0.1) is 0 Å². The number of hydrogen-bond donors (Lipinski definition) is 3. The van der Waals surface area contributed by atoms with Gasteiger partial charge in [0.2, 0.25) is 5.91 Å². The number of amides is 2. The third-order valence-electron chi connectivity index (χ3n) is 4.17. The van der Waals surface area contributed by atoms with Gasteiger partial charge in [-0.3, -0.25) is 14.7 Å². The van der Waals surface area contributed by atoms with Crippen LogP contribution >= 0.6 is 0 Å². The quantitative estimate of drug-likeness (QED) is 0.772. The Labute approximate surface area is 134 Å². The molecule has 1 aliphatic rings. The highest BCUT2D eigenvalue weighted by molar-refractivity contribution is 6.05. The molecule has 0 saturated carbocycles. The zero-order valence-corrected chi connectivity index (χ0v) is 13.1. The van der Waals surface area contributed by atoms with E-state index >= 15 is 0 Å². The van der Waals surface area contributed by atoms with Gasteiger partial charge in [0.25, 0.3) is 5.91 Å². The zero-order valence-electron chi connectivity index (χ0n) is 13.1. The lowest BCUT2D eigenvalue weighted by molar-refractivity contribution is -0.134. The fourth-order valence-electron chi connectivity index (χ4n) is 2.95. The van der Waals surface area contributed by atoms with Crippen LogP contribution in [0, 0.1) is 0 Å². The summed E-state index contributed by atoms with van der Waals surface area (Å²) in [4.78, 5) is 26.6. The van der Waals surface area contributed by atoms with Crippen molar-refractivity contribution in [2.24, 2.45) is 5.73 Å². The summed E-state index contributed by atoms with van der Waals surface area (Å²) in [6, 6.07) is 6.80. The fourth-order valence-corrected chi connectivity index (χ4v) is 2.95. The number of H-pyrrole nitrogens is 1. The van der Waals surface area contributed by atoms with E-state index in [0.29, 0.717) is 18.8 Å². The van der Waals surface area contributed by atoms with E-state index in [1.807, 2.05) is 24.3 Å². The maximum Gasteiger partial charge on any atom is 0.273 e. The first-order chi connectivity index (χ1) is 11.1. The second kappa shape index (κ2) is 6.37. The molecule has 0 aliphatic carbocycles. The molecule has 0 bridgehead atoms. The second-order valence-electron chi connectivity index (χ2n) is 6.00. The van der Waals surface area contributed by atoms with Gasteiger partial charge in [0.15, 0.2) is 5.69 Å². The summed E-state index contributed by atoms with van der Waals surface area (Å²) in [6.07, 6.45) is 1.83. The van der Waals surface area contributed by atoms with Gasteiger partial charge in [-0.05, 0) is 25.8 Å². The van der Waals surface area contributed by atoms with Gasteiger partial charge in [0, 0.05) is 24.5 Å². The van der Waals surface area contributed by atoms with Gasteiger partial charge in [-0.2, -0.15) is 5.10 Å². The van der Waals surface area contributed by atoms with E-state index in [1.165, 1.54) is 0 Å². The maximum atomic E-state index is 12.4. The van der Waals surface area contributed by atoms with Gasteiger partial charge in [-0.1, -0.05) is 18.2 Å². The van der Waals surface area contributed by atoms with E-state index in [9.17, 15) is 9.59 Å². The topological polar surface area (TPSA) is 104 Å². The first-order valence-corrected chi connectivity index (χ1v) is 7.84. The highest BCUT2D eigenvalue weighted by Crippen LogP contribution is 2.15. The number of rotatable bonds is 3. The van der Waals surface area contributed by atoms with E-state index < -0.39 is 6.04 Å². The number of likely N-dealkylation sites (tertiary alicyclic amines) is 1. The van der Waals surface area contributed by atoms with E-state index in [4.69, 9.17) is 5.73 Å². The number of nitrogens with one attached hydrogen (secondary N) is 2. The molecule has 2 aromatic rings. The van der Waals surface area contributed by atoms with Crippen LogP contribution in [0.1, 0.15) is 30.3 Å².